The van der Waals surface area contributed by atoms with Gasteiger partial charge in [-0.2, -0.15) is 0 Å². The van der Waals surface area contributed by atoms with E-state index in [0.717, 1.165) is 5.56 Å². The minimum Gasteiger partial charge on any atom is -0.497 e. The first-order valence-electron chi connectivity index (χ1n) is 11.1. The standard InChI is InChI=1S/C27H25NO7/c1-33-19-10-5-17(6-11-19)7-14-22(29)25-23(30)16-21(18-8-12-20(34-2)13-9-18)27(28(31)32)26(25)24-4-3-15-35-24/h3-15,21,25-27H,16H2,1-2H3/b14-7+/t21-,25?,26+,27+/m1/s1. The van der Waals surface area contributed by atoms with E-state index in [1.807, 2.05) is 0 Å². The number of nitrogens with zero attached hydrogens (tertiary/aromatic N) is 1. The zero-order chi connectivity index (χ0) is 24.9. The number of benzene rings is 2. The summed E-state index contributed by atoms with van der Waals surface area (Å²) in [5.41, 5.74) is 1.37. The quantitative estimate of drug-likeness (QED) is 0.201. The topological polar surface area (TPSA) is 109 Å². The summed E-state index contributed by atoms with van der Waals surface area (Å²) in [5, 5.41) is 12.4. The fraction of sp³-hybridized carbons (Fsp3) is 0.259. The van der Waals surface area contributed by atoms with Gasteiger partial charge in [-0.1, -0.05) is 30.3 Å². The molecule has 0 N–H and O–H groups in total. The van der Waals surface area contributed by atoms with Crippen molar-refractivity contribution in [1.29, 1.82) is 0 Å². The number of methoxy groups -OCH3 is 2. The molecule has 0 amide bonds. The molecule has 2 aromatic carbocycles. The predicted octanol–water partition coefficient (Wildman–Crippen LogP) is 4.68. The van der Waals surface area contributed by atoms with Gasteiger partial charge in [-0.05, 0) is 53.6 Å². The van der Waals surface area contributed by atoms with Crippen molar-refractivity contribution < 1.29 is 28.4 Å². The highest BCUT2D eigenvalue weighted by atomic mass is 16.6. The van der Waals surface area contributed by atoms with Gasteiger partial charge in [-0.25, -0.2) is 0 Å². The Bertz CT molecular complexity index is 1210. The molecule has 1 unspecified atom stereocenters. The number of furan rings is 1. The Morgan fingerprint density at radius 1 is 1.03 bits per heavy atom. The van der Waals surface area contributed by atoms with Crippen LogP contribution in [0.3, 0.4) is 0 Å². The molecule has 1 saturated carbocycles. The molecule has 4 rings (SSSR count). The van der Waals surface area contributed by atoms with Gasteiger partial charge in [0.2, 0.25) is 6.04 Å². The molecule has 0 bridgehead atoms. The summed E-state index contributed by atoms with van der Waals surface area (Å²) < 4.78 is 15.8. The van der Waals surface area contributed by atoms with E-state index in [1.165, 1.54) is 19.4 Å². The third-order valence-electron chi connectivity index (χ3n) is 6.43. The highest BCUT2D eigenvalue weighted by Gasteiger charge is 2.55. The summed E-state index contributed by atoms with van der Waals surface area (Å²) in [6.07, 6.45) is 4.17. The number of hydrogen-bond acceptors (Lipinski definition) is 7. The third-order valence-corrected chi connectivity index (χ3v) is 6.43. The average molecular weight is 475 g/mol. The Morgan fingerprint density at radius 3 is 2.20 bits per heavy atom. The van der Waals surface area contributed by atoms with Crippen LogP contribution in [0.25, 0.3) is 6.08 Å². The molecule has 35 heavy (non-hydrogen) atoms. The number of carbonyl (C=O) groups is 2. The van der Waals surface area contributed by atoms with Crippen molar-refractivity contribution >= 4 is 17.6 Å². The summed E-state index contributed by atoms with van der Waals surface area (Å²) >= 11 is 0. The fourth-order valence-corrected chi connectivity index (χ4v) is 4.70. The molecule has 3 aromatic rings. The lowest BCUT2D eigenvalue weighted by molar-refractivity contribution is -0.533. The molecular formula is C27H25NO7. The second kappa shape index (κ2) is 10.4. The third kappa shape index (κ3) is 5.01. The van der Waals surface area contributed by atoms with Crippen molar-refractivity contribution in [3.63, 3.8) is 0 Å². The van der Waals surface area contributed by atoms with Gasteiger partial charge in [0.25, 0.3) is 0 Å². The van der Waals surface area contributed by atoms with Gasteiger partial charge in [-0.15, -0.1) is 0 Å². The lowest BCUT2D eigenvalue weighted by atomic mass is 9.65. The molecule has 4 atom stereocenters. The van der Waals surface area contributed by atoms with Crippen molar-refractivity contribution in [1.82, 2.24) is 0 Å². The van der Waals surface area contributed by atoms with Crippen molar-refractivity contribution in [2.75, 3.05) is 14.2 Å². The van der Waals surface area contributed by atoms with Gasteiger partial charge >= 0.3 is 0 Å². The van der Waals surface area contributed by atoms with Gasteiger partial charge in [0, 0.05) is 11.3 Å². The zero-order valence-electron chi connectivity index (χ0n) is 19.3. The lowest BCUT2D eigenvalue weighted by Crippen LogP contribution is -2.48. The number of nitro groups is 1. The summed E-state index contributed by atoms with van der Waals surface area (Å²) in [5.74, 6) is -2.30. The fourth-order valence-electron chi connectivity index (χ4n) is 4.70. The predicted molar refractivity (Wildman–Crippen MR) is 128 cm³/mol. The van der Waals surface area contributed by atoms with E-state index < -0.39 is 34.5 Å². The monoisotopic (exact) mass is 475 g/mol. The molecule has 1 aromatic heterocycles. The number of ether oxygens (including phenoxy) is 2. The van der Waals surface area contributed by atoms with E-state index in [9.17, 15) is 19.7 Å². The molecule has 1 aliphatic carbocycles. The van der Waals surface area contributed by atoms with E-state index in [2.05, 4.69) is 0 Å². The maximum absolute atomic E-state index is 13.4. The van der Waals surface area contributed by atoms with Crippen LogP contribution in [0.5, 0.6) is 11.5 Å². The van der Waals surface area contributed by atoms with Crippen LogP contribution in [-0.2, 0) is 9.59 Å². The first kappa shape index (κ1) is 23.9. The first-order valence-corrected chi connectivity index (χ1v) is 11.1. The maximum Gasteiger partial charge on any atom is 0.231 e. The number of hydrogen-bond donors (Lipinski definition) is 0. The Labute approximate surface area is 202 Å². The molecule has 8 nitrogen and oxygen atoms in total. The van der Waals surface area contributed by atoms with Gasteiger partial charge in [0.05, 0.1) is 32.3 Å². The molecule has 1 fully saturated rings. The van der Waals surface area contributed by atoms with Crippen LogP contribution >= 0.6 is 0 Å². The molecule has 1 heterocycles. The van der Waals surface area contributed by atoms with Crippen LogP contribution in [0, 0.1) is 16.0 Å². The summed E-state index contributed by atoms with van der Waals surface area (Å²) in [4.78, 5) is 38.6. The van der Waals surface area contributed by atoms with Crippen LogP contribution in [0.2, 0.25) is 0 Å². The Balaban J connectivity index is 1.70. The van der Waals surface area contributed by atoms with Crippen molar-refractivity contribution in [2.45, 2.75) is 24.3 Å². The maximum atomic E-state index is 13.4. The molecule has 0 spiro atoms. The number of carbonyl (C=O) groups excluding carboxylic acids is 2. The second-order valence-corrected chi connectivity index (χ2v) is 8.35. The van der Waals surface area contributed by atoms with Gasteiger partial charge < -0.3 is 13.9 Å². The van der Waals surface area contributed by atoms with Crippen molar-refractivity contribution in [3.8, 4) is 11.5 Å². The Hall–Kier alpha value is -4.20. The smallest absolute Gasteiger partial charge is 0.231 e. The highest BCUT2D eigenvalue weighted by Crippen LogP contribution is 2.45. The second-order valence-electron chi connectivity index (χ2n) is 8.35. The van der Waals surface area contributed by atoms with Crippen LogP contribution in [0.1, 0.15) is 35.1 Å². The van der Waals surface area contributed by atoms with Crippen molar-refractivity contribution in [2.24, 2.45) is 5.92 Å². The van der Waals surface area contributed by atoms with Gasteiger partial charge in [0.15, 0.2) is 5.78 Å². The largest absolute Gasteiger partial charge is 0.497 e. The molecule has 180 valence electrons. The minimum atomic E-state index is -1.23. The lowest BCUT2D eigenvalue weighted by Gasteiger charge is -2.35. The summed E-state index contributed by atoms with van der Waals surface area (Å²) in [6, 6.07) is 15.9. The Kier molecular flexibility index (Phi) is 7.10. The SMILES string of the molecule is COc1ccc(/C=C/C(=O)C2C(=O)C[C@H](c3ccc(OC)cc3)[C@H]([N+](=O)[O-])[C@H]2c2ccco2)cc1. The van der Waals surface area contributed by atoms with Crippen LogP contribution < -0.4 is 9.47 Å². The van der Waals surface area contributed by atoms with Crippen molar-refractivity contribution in [3.05, 3.63) is 100 Å². The van der Waals surface area contributed by atoms with Gasteiger partial charge in [0.1, 0.15) is 29.0 Å². The van der Waals surface area contributed by atoms with Crippen LogP contribution in [0.15, 0.2) is 77.4 Å². The highest BCUT2D eigenvalue weighted by molar-refractivity contribution is 6.10. The van der Waals surface area contributed by atoms with Crippen LogP contribution in [-0.4, -0.2) is 36.8 Å². The molecule has 0 radical (unpaired) electrons. The number of rotatable bonds is 8. The van der Waals surface area contributed by atoms with E-state index in [-0.39, 0.29) is 18.0 Å². The summed E-state index contributed by atoms with van der Waals surface area (Å²) in [6.45, 7) is 0. The molecule has 0 aliphatic heterocycles. The number of Topliss-reactive ketones (excluding diaryl/α,β-unsaturated/α-hetero) is 1. The molecule has 8 heteroatoms. The normalized spacial score (nSPS) is 22.2. The average Bonchev–Trinajstić information content (AvgIpc) is 3.41. The van der Waals surface area contributed by atoms with E-state index >= 15 is 0 Å². The van der Waals surface area contributed by atoms with E-state index in [0.29, 0.717) is 17.1 Å². The Morgan fingerprint density at radius 2 is 1.66 bits per heavy atom. The zero-order valence-corrected chi connectivity index (χ0v) is 19.3. The number of allylic oxidation sites excluding steroid dienone is 1. The van der Waals surface area contributed by atoms with E-state index in [4.69, 9.17) is 13.9 Å². The van der Waals surface area contributed by atoms with E-state index in [1.54, 1.807) is 73.8 Å². The molecular weight excluding hydrogens is 450 g/mol. The van der Waals surface area contributed by atoms with Gasteiger partial charge in [-0.3, -0.25) is 19.7 Å². The first-order chi connectivity index (χ1) is 16.9. The molecule has 0 saturated heterocycles. The minimum absolute atomic E-state index is 0.123. The molecule has 1 aliphatic rings. The number of ketones is 2. The van der Waals surface area contributed by atoms with Crippen LogP contribution in [0.4, 0.5) is 0 Å². The summed E-state index contributed by atoms with van der Waals surface area (Å²) in [7, 11) is 3.09.